The minimum atomic E-state index is -0.972. The van der Waals surface area contributed by atoms with Crippen LogP contribution in [0.1, 0.15) is 23.5 Å². The number of aromatic nitrogens is 4. The number of benzene rings is 1. The fraction of sp³-hybridized carbons (Fsp3) is 0.250. The summed E-state index contributed by atoms with van der Waals surface area (Å²) in [6.07, 6.45) is 3.46. The number of aromatic amines is 1. The molecular weight excluding hydrogens is 388 g/mol. The average Bonchev–Trinajstić information content (AvgIpc) is 3.16. The summed E-state index contributed by atoms with van der Waals surface area (Å²) in [5, 5.41) is 19.0. The Morgan fingerprint density at radius 1 is 1.33 bits per heavy atom. The lowest BCUT2D eigenvalue weighted by Gasteiger charge is -2.23. The molecule has 0 saturated carbocycles. The summed E-state index contributed by atoms with van der Waals surface area (Å²) in [6, 6.07) is 7.56. The zero-order valence-electron chi connectivity index (χ0n) is 16.4. The van der Waals surface area contributed by atoms with E-state index in [1.54, 1.807) is 26.6 Å². The zero-order chi connectivity index (χ0) is 21.3. The number of anilines is 2. The fourth-order valence-corrected chi connectivity index (χ4v) is 3.52. The summed E-state index contributed by atoms with van der Waals surface area (Å²) >= 11 is 0. The van der Waals surface area contributed by atoms with Crippen molar-refractivity contribution in [2.45, 2.75) is 12.3 Å². The Hall–Kier alpha value is -3.95. The number of nitrogens with one attached hydrogen (secondary N) is 2. The van der Waals surface area contributed by atoms with Crippen molar-refractivity contribution in [2.24, 2.45) is 0 Å². The van der Waals surface area contributed by atoms with Crippen molar-refractivity contribution in [3.05, 3.63) is 47.8 Å². The van der Waals surface area contributed by atoms with Gasteiger partial charge in [0.05, 0.1) is 12.8 Å². The summed E-state index contributed by atoms with van der Waals surface area (Å²) in [7, 11) is 3.21. The quantitative estimate of drug-likeness (QED) is 0.563. The summed E-state index contributed by atoms with van der Waals surface area (Å²) < 4.78 is 5.32. The highest BCUT2D eigenvalue weighted by Crippen LogP contribution is 2.41. The Morgan fingerprint density at radius 3 is 2.80 bits per heavy atom. The number of amides is 1. The first kappa shape index (κ1) is 19.4. The largest absolute Gasteiger partial charge is 0.497 e. The Morgan fingerprint density at radius 2 is 2.10 bits per heavy atom. The molecular formula is C20H20N6O4. The van der Waals surface area contributed by atoms with Gasteiger partial charge in [-0.15, -0.1) is 0 Å². The van der Waals surface area contributed by atoms with Crippen molar-refractivity contribution >= 4 is 23.6 Å². The van der Waals surface area contributed by atoms with Crippen LogP contribution in [-0.2, 0) is 9.59 Å². The molecule has 3 N–H and O–H groups in total. The molecule has 4 rings (SSSR count). The van der Waals surface area contributed by atoms with Crippen LogP contribution in [0.2, 0.25) is 0 Å². The molecule has 0 fully saturated rings. The summed E-state index contributed by atoms with van der Waals surface area (Å²) in [4.78, 5) is 33.2. The van der Waals surface area contributed by atoms with E-state index in [0.29, 0.717) is 17.5 Å². The Labute approximate surface area is 171 Å². The molecule has 0 aliphatic carbocycles. The molecule has 1 amide bonds. The first-order valence-corrected chi connectivity index (χ1v) is 9.23. The molecule has 1 aliphatic heterocycles. The monoisotopic (exact) mass is 408 g/mol. The van der Waals surface area contributed by atoms with Crippen molar-refractivity contribution in [2.75, 3.05) is 30.9 Å². The second kappa shape index (κ2) is 7.82. The number of aliphatic carboxylic acids is 1. The number of carboxylic acid groups (broad SMARTS) is 1. The Balaban J connectivity index is 1.72. The van der Waals surface area contributed by atoms with Crippen molar-refractivity contribution in [1.82, 2.24) is 20.2 Å². The van der Waals surface area contributed by atoms with Gasteiger partial charge in [0.25, 0.3) is 0 Å². The second-order valence-electron chi connectivity index (χ2n) is 6.96. The molecule has 10 nitrogen and oxygen atoms in total. The smallest absolute Gasteiger partial charge is 0.323 e. The predicted molar refractivity (Wildman–Crippen MR) is 109 cm³/mol. The summed E-state index contributed by atoms with van der Waals surface area (Å²) in [5.74, 6) is 0.0558. The lowest BCUT2D eigenvalue weighted by Crippen LogP contribution is -2.27. The lowest BCUT2D eigenvalue weighted by molar-refractivity contribution is -0.135. The van der Waals surface area contributed by atoms with Crippen molar-refractivity contribution in [3.8, 4) is 17.0 Å². The highest BCUT2D eigenvalue weighted by atomic mass is 16.5. The Kier molecular flexibility index (Phi) is 5.05. The minimum Gasteiger partial charge on any atom is -0.497 e. The van der Waals surface area contributed by atoms with Gasteiger partial charge >= 0.3 is 5.97 Å². The first-order valence-electron chi connectivity index (χ1n) is 9.23. The fourth-order valence-electron chi connectivity index (χ4n) is 3.52. The summed E-state index contributed by atoms with van der Waals surface area (Å²) in [6.45, 7) is -0.211. The van der Waals surface area contributed by atoms with E-state index in [9.17, 15) is 9.59 Å². The topological polar surface area (TPSA) is 133 Å². The van der Waals surface area contributed by atoms with E-state index in [1.807, 2.05) is 24.3 Å². The number of nitrogens with zero attached hydrogens (tertiary/aromatic N) is 4. The van der Waals surface area contributed by atoms with Crippen LogP contribution in [0.15, 0.2) is 36.7 Å². The third-order valence-corrected chi connectivity index (χ3v) is 4.93. The van der Waals surface area contributed by atoms with Gasteiger partial charge in [-0.1, -0.05) is 12.1 Å². The molecule has 10 heteroatoms. The minimum absolute atomic E-state index is 0.150. The van der Waals surface area contributed by atoms with Crippen LogP contribution in [0.4, 0.5) is 11.8 Å². The first-order chi connectivity index (χ1) is 14.5. The maximum atomic E-state index is 12.3. The molecule has 154 valence electrons. The number of H-pyrrole nitrogens is 1. The van der Waals surface area contributed by atoms with Gasteiger partial charge in [0.1, 0.15) is 12.3 Å². The number of ether oxygens (including phenoxy) is 1. The van der Waals surface area contributed by atoms with Crippen LogP contribution < -0.4 is 15.0 Å². The molecule has 30 heavy (non-hydrogen) atoms. The number of fused-ring (bicyclic) bond motifs is 1. The predicted octanol–water partition coefficient (Wildman–Crippen LogP) is 1.87. The maximum absolute atomic E-state index is 12.3. The number of rotatable bonds is 6. The standard InChI is InChI=1S/C20H20N6O4/c1-26(10-16(28)29)20-21-8-12(9-22-20)14-7-15(27)23-19-17(14)18(24-25-19)11-4-3-5-13(6-11)30-2/h3-6,8-9,14H,7,10H2,1-2H3,(H,28,29)(H2,23,24,25,27). The van der Waals surface area contributed by atoms with E-state index in [-0.39, 0.29) is 24.8 Å². The number of methoxy groups -OCH3 is 1. The van der Waals surface area contributed by atoms with E-state index in [0.717, 1.165) is 22.4 Å². The van der Waals surface area contributed by atoms with Gasteiger partial charge in [-0.05, 0) is 17.7 Å². The third-order valence-electron chi connectivity index (χ3n) is 4.93. The van der Waals surface area contributed by atoms with Gasteiger partial charge in [-0.25, -0.2) is 9.97 Å². The van der Waals surface area contributed by atoms with Gasteiger partial charge in [0.2, 0.25) is 11.9 Å². The SMILES string of the molecule is COc1cccc(-c2[nH]nc3c2C(c2cnc(N(C)CC(=O)O)nc2)CC(=O)N3)c1. The van der Waals surface area contributed by atoms with Crippen LogP contribution in [0, 0.1) is 0 Å². The van der Waals surface area contributed by atoms with Crippen LogP contribution in [-0.4, -0.2) is 57.9 Å². The number of hydrogen-bond donors (Lipinski definition) is 3. The molecule has 0 radical (unpaired) electrons. The van der Waals surface area contributed by atoms with E-state index in [2.05, 4.69) is 25.5 Å². The highest BCUT2D eigenvalue weighted by molar-refractivity contribution is 5.96. The molecule has 1 atom stereocenters. The van der Waals surface area contributed by atoms with E-state index in [4.69, 9.17) is 9.84 Å². The maximum Gasteiger partial charge on any atom is 0.323 e. The van der Waals surface area contributed by atoms with E-state index < -0.39 is 5.97 Å². The highest BCUT2D eigenvalue weighted by Gasteiger charge is 2.32. The molecule has 3 heterocycles. The second-order valence-corrected chi connectivity index (χ2v) is 6.96. The number of likely N-dealkylation sites (N-methyl/N-ethyl adjacent to an activating group) is 1. The molecule has 1 unspecified atom stereocenters. The van der Waals surface area contributed by atoms with Crippen LogP contribution >= 0.6 is 0 Å². The van der Waals surface area contributed by atoms with Gasteiger partial charge in [-0.3, -0.25) is 14.7 Å². The number of carbonyl (C=O) groups is 2. The molecule has 0 saturated heterocycles. The van der Waals surface area contributed by atoms with Crippen LogP contribution in [0.25, 0.3) is 11.3 Å². The molecule has 0 bridgehead atoms. The molecule has 0 spiro atoms. The summed E-state index contributed by atoms with van der Waals surface area (Å²) in [5.41, 5.74) is 3.24. The molecule has 3 aromatic rings. The van der Waals surface area contributed by atoms with Gasteiger partial charge < -0.3 is 20.1 Å². The van der Waals surface area contributed by atoms with Crippen molar-refractivity contribution in [3.63, 3.8) is 0 Å². The number of carbonyl (C=O) groups excluding carboxylic acids is 1. The molecule has 2 aromatic heterocycles. The van der Waals surface area contributed by atoms with Crippen molar-refractivity contribution in [1.29, 1.82) is 0 Å². The normalized spacial score (nSPS) is 15.3. The lowest BCUT2D eigenvalue weighted by atomic mass is 9.86. The van der Waals surface area contributed by atoms with E-state index in [1.165, 1.54) is 4.90 Å². The van der Waals surface area contributed by atoms with Gasteiger partial charge in [-0.2, -0.15) is 5.10 Å². The molecule has 1 aliphatic rings. The average molecular weight is 408 g/mol. The Bertz CT molecular complexity index is 1090. The third kappa shape index (κ3) is 3.66. The zero-order valence-corrected chi connectivity index (χ0v) is 16.4. The van der Waals surface area contributed by atoms with Crippen LogP contribution in [0.3, 0.4) is 0 Å². The van der Waals surface area contributed by atoms with E-state index >= 15 is 0 Å². The number of hydrogen-bond acceptors (Lipinski definition) is 7. The van der Waals surface area contributed by atoms with Crippen LogP contribution in [0.5, 0.6) is 5.75 Å². The number of carboxylic acids is 1. The van der Waals surface area contributed by atoms with Gasteiger partial charge in [0.15, 0.2) is 5.82 Å². The molecule has 1 aromatic carbocycles. The van der Waals surface area contributed by atoms with Crippen molar-refractivity contribution < 1.29 is 19.4 Å². The van der Waals surface area contributed by atoms with Gasteiger partial charge in [0, 0.05) is 42.9 Å².